The highest BCUT2D eigenvalue weighted by atomic mass is 16.1. The number of aromatic nitrogens is 2. The van der Waals surface area contributed by atoms with E-state index in [4.69, 9.17) is 0 Å². The number of amides is 1. The highest BCUT2D eigenvalue weighted by Crippen LogP contribution is 1.99. The maximum Gasteiger partial charge on any atom is 0.221 e. The van der Waals surface area contributed by atoms with Crippen molar-refractivity contribution in [2.45, 2.75) is 52.2 Å². The molecule has 0 spiro atoms. The van der Waals surface area contributed by atoms with Crippen LogP contribution in [0.2, 0.25) is 0 Å². The zero-order chi connectivity index (χ0) is 13.6. The predicted molar refractivity (Wildman–Crippen MR) is 72.2 cm³/mol. The minimum Gasteiger partial charge on any atom is -0.351 e. The van der Waals surface area contributed by atoms with Crippen molar-refractivity contribution >= 4 is 5.91 Å². The van der Waals surface area contributed by atoms with Crippen LogP contribution in [0.15, 0.2) is 18.5 Å². The summed E-state index contributed by atoms with van der Waals surface area (Å²) in [6, 6.07) is 2.20. The Morgan fingerprint density at radius 1 is 1.44 bits per heavy atom. The maximum atomic E-state index is 11.6. The van der Waals surface area contributed by atoms with Crippen LogP contribution in [0.4, 0.5) is 0 Å². The first-order valence-corrected chi connectivity index (χ1v) is 6.38. The van der Waals surface area contributed by atoms with Gasteiger partial charge in [-0.15, -0.1) is 0 Å². The molecule has 102 valence electrons. The predicted octanol–water partition coefficient (Wildman–Crippen LogP) is 1.17. The van der Waals surface area contributed by atoms with Gasteiger partial charge in [0.15, 0.2) is 0 Å². The standard InChI is InChI=1S/C13H24N4O/c1-11(10-17-9-5-7-15-17)14-8-6-12(18)16-13(2,3)4/h5,7,9,11,14H,6,8,10H2,1-4H3,(H,16,18)/t11-/m0/s1. The van der Waals surface area contributed by atoms with Crippen molar-refractivity contribution in [2.75, 3.05) is 6.54 Å². The zero-order valence-electron chi connectivity index (χ0n) is 11.7. The smallest absolute Gasteiger partial charge is 0.221 e. The molecule has 1 amide bonds. The third kappa shape index (κ3) is 6.39. The van der Waals surface area contributed by atoms with E-state index in [0.29, 0.717) is 19.0 Å². The van der Waals surface area contributed by atoms with Crippen molar-refractivity contribution in [3.63, 3.8) is 0 Å². The van der Waals surface area contributed by atoms with E-state index >= 15 is 0 Å². The Morgan fingerprint density at radius 2 is 2.17 bits per heavy atom. The van der Waals surface area contributed by atoms with Gasteiger partial charge in [0.25, 0.3) is 0 Å². The second kappa shape index (κ2) is 6.54. The minimum absolute atomic E-state index is 0.0845. The van der Waals surface area contributed by atoms with Gasteiger partial charge in [-0.25, -0.2) is 0 Å². The molecule has 1 heterocycles. The summed E-state index contributed by atoms with van der Waals surface area (Å²) in [6.45, 7) is 9.54. The van der Waals surface area contributed by atoms with Gasteiger partial charge in [-0.3, -0.25) is 9.48 Å². The molecular formula is C13H24N4O. The SMILES string of the molecule is C[C@@H](Cn1cccn1)NCCC(=O)NC(C)(C)C. The van der Waals surface area contributed by atoms with Gasteiger partial charge in [0, 0.05) is 36.9 Å². The molecule has 0 aliphatic carbocycles. The second-order valence-corrected chi connectivity index (χ2v) is 5.63. The Morgan fingerprint density at radius 3 is 2.72 bits per heavy atom. The van der Waals surface area contributed by atoms with E-state index < -0.39 is 0 Å². The number of carbonyl (C=O) groups is 1. The van der Waals surface area contributed by atoms with E-state index in [1.165, 1.54) is 0 Å². The second-order valence-electron chi connectivity index (χ2n) is 5.63. The molecular weight excluding hydrogens is 228 g/mol. The lowest BCUT2D eigenvalue weighted by Crippen LogP contribution is -2.42. The molecule has 5 nitrogen and oxygen atoms in total. The molecule has 1 rings (SSSR count). The molecule has 1 aromatic rings. The molecule has 0 bridgehead atoms. The summed E-state index contributed by atoms with van der Waals surface area (Å²) < 4.78 is 1.88. The number of hydrogen-bond donors (Lipinski definition) is 2. The molecule has 0 aromatic carbocycles. The molecule has 5 heteroatoms. The molecule has 0 fully saturated rings. The maximum absolute atomic E-state index is 11.6. The zero-order valence-corrected chi connectivity index (χ0v) is 11.7. The summed E-state index contributed by atoms with van der Waals surface area (Å²) in [5.41, 5.74) is -0.155. The van der Waals surface area contributed by atoms with Gasteiger partial charge in [-0.2, -0.15) is 5.10 Å². The summed E-state index contributed by atoms with van der Waals surface area (Å²) in [6.07, 6.45) is 4.20. The number of nitrogens with one attached hydrogen (secondary N) is 2. The fourth-order valence-corrected chi connectivity index (χ4v) is 1.67. The van der Waals surface area contributed by atoms with Gasteiger partial charge in [0.1, 0.15) is 0 Å². The largest absolute Gasteiger partial charge is 0.351 e. The molecule has 0 saturated heterocycles. The lowest BCUT2D eigenvalue weighted by atomic mass is 10.1. The summed E-state index contributed by atoms with van der Waals surface area (Å²) in [5.74, 6) is 0.0845. The normalized spacial score (nSPS) is 13.3. The van der Waals surface area contributed by atoms with Gasteiger partial charge in [-0.1, -0.05) is 0 Å². The fourth-order valence-electron chi connectivity index (χ4n) is 1.67. The Bertz CT molecular complexity index is 354. The quantitative estimate of drug-likeness (QED) is 0.799. The van der Waals surface area contributed by atoms with E-state index in [9.17, 15) is 4.79 Å². The summed E-state index contributed by atoms with van der Waals surface area (Å²) in [4.78, 5) is 11.6. The number of rotatable bonds is 6. The topological polar surface area (TPSA) is 59.0 Å². The van der Waals surface area contributed by atoms with Gasteiger partial charge in [-0.05, 0) is 33.8 Å². The Labute approximate surface area is 109 Å². The van der Waals surface area contributed by atoms with Gasteiger partial charge in [0.05, 0.1) is 6.54 Å². The molecule has 0 aliphatic rings. The molecule has 1 aromatic heterocycles. The molecule has 2 N–H and O–H groups in total. The van der Waals surface area contributed by atoms with Crippen LogP contribution in [-0.4, -0.2) is 33.8 Å². The van der Waals surface area contributed by atoms with Crippen LogP contribution in [0.25, 0.3) is 0 Å². The average molecular weight is 252 g/mol. The molecule has 18 heavy (non-hydrogen) atoms. The van der Waals surface area contributed by atoms with E-state index in [-0.39, 0.29) is 11.4 Å². The first-order valence-electron chi connectivity index (χ1n) is 6.38. The lowest BCUT2D eigenvalue weighted by Gasteiger charge is -2.21. The van der Waals surface area contributed by atoms with E-state index in [1.807, 2.05) is 37.7 Å². The monoisotopic (exact) mass is 252 g/mol. The molecule has 1 atom stereocenters. The van der Waals surface area contributed by atoms with Crippen molar-refractivity contribution in [3.05, 3.63) is 18.5 Å². The number of nitrogens with zero attached hydrogens (tertiary/aromatic N) is 2. The van der Waals surface area contributed by atoms with E-state index in [0.717, 1.165) is 6.54 Å². The van der Waals surface area contributed by atoms with Crippen LogP contribution < -0.4 is 10.6 Å². The third-order valence-electron chi connectivity index (χ3n) is 2.38. The van der Waals surface area contributed by atoms with Crippen molar-refractivity contribution < 1.29 is 4.79 Å². The number of carbonyl (C=O) groups excluding carboxylic acids is 1. The van der Waals surface area contributed by atoms with Crippen LogP contribution in [0.5, 0.6) is 0 Å². The van der Waals surface area contributed by atoms with E-state index in [2.05, 4.69) is 22.7 Å². The fraction of sp³-hybridized carbons (Fsp3) is 0.692. The van der Waals surface area contributed by atoms with Gasteiger partial charge >= 0.3 is 0 Å². The highest BCUT2D eigenvalue weighted by Gasteiger charge is 2.13. The molecule has 0 saturated carbocycles. The van der Waals surface area contributed by atoms with Crippen molar-refractivity contribution in [2.24, 2.45) is 0 Å². The summed E-state index contributed by atoms with van der Waals surface area (Å²) in [5, 5.41) is 10.4. The number of hydrogen-bond acceptors (Lipinski definition) is 3. The van der Waals surface area contributed by atoms with Crippen LogP contribution in [0, 0.1) is 0 Å². The van der Waals surface area contributed by atoms with Crippen LogP contribution in [-0.2, 0) is 11.3 Å². The van der Waals surface area contributed by atoms with Gasteiger partial charge < -0.3 is 10.6 Å². The Balaban J connectivity index is 2.15. The van der Waals surface area contributed by atoms with Crippen LogP contribution >= 0.6 is 0 Å². The summed E-state index contributed by atoms with van der Waals surface area (Å²) >= 11 is 0. The van der Waals surface area contributed by atoms with Crippen molar-refractivity contribution in [1.29, 1.82) is 0 Å². The summed E-state index contributed by atoms with van der Waals surface area (Å²) in [7, 11) is 0. The van der Waals surface area contributed by atoms with Gasteiger partial charge in [0.2, 0.25) is 5.91 Å². The Hall–Kier alpha value is -1.36. The third-order valence-corrected chi connectivity index (χ3v) is 2.38. The van der Waals surface area contributed by atoms with Crippen molar-refractivity contribution in [3.8, 4) is 0 Å². The van der Waals surface area contributed by atoms with E-state index in [1.54, 1.807) is 6.20 Å². The molecule has 0 unspecified atom stereocenters. The molecule has 0 radical (unpaired) electrons. The first-order chi connectivity index (χ1) is 8.37. The van der Waals surface area contributed by atoms with Crippen LogP contribution in [0.1, 0.15) is 34.1 Å². The first kappa shape index (κ1) is 14.7. The highest BCUT2D eigenvalue weighted by molar-refractivity contribution is 5.76. The average Bonchev–Trinajstić information content (AvgIpc) is 2.67. The molecule has 0 aliphatic heterocycles. The Kier molecular flexibility index (Phi) is 5.34. The minimum atomic E-state index is -0.155. The lowest BCUT2D eigenvalue weighted by molar-refractivity contribution is -0.122. The van der Waals surface area contributed by atoms with Crippen molar-refractivity contribution in [1.82, 2.24) is 20.4 Å². The van der Waals surface area contributed by atoms with Crippen LogP contribution in [0.3, 0.4) is 0 Å².